The van der Waals surface area contributed by atoms with Crippen LogP contribution in [0.2, 0.25) is 0 Å². The van der Waals surface area contributed by atoms with Crippen LogP contribution >= 0.6 is 0 Å². The third-order valence-electron chi connectivity index (χ3n) is 6.20. The van der Waals surface area contributed by atoms with Crippen molar-refractivity contribution in [1.82, 2.24) is 0 Å². The number of carbonyl (C=O) groups excluding carboxylic acids is 3. The zero-order valence-electron chi connectivity index (χ0n) is 19.3. The number of rotatable bonds is 4. The minimum atomic E-state index is -0.814. The highest BCUT2D eigenvalue weighted by Crippen LogP contribution is 2.43. The van der Waals surface area contributed by atoms with E-state index in [1.807, 2.05) is 43.3 Å². The second-order valence-electron chi connectivity index (χ2n) is 8.76. The van der Waals surface area contributed by atoms with E-state index in [1.54, 1.807) is 36.4 Å². The molecule has 2 unspecified atom stereocenters. The topological polar surface area (TPSA) is 95.9 Å². The van der Waals surface area contributed by atoms with Gasteiger partial charge >= 0.3 is 0 Å². The molecule has 3 aromatic rings. The molecule has 7 nitrogen and oxygen atoms in total. The van der Waals surface area contributed by atoms with Crippen LogP contribution in [0.4, 0.5) is 11.4 Å². The van der Waals surface area contributed by atoms with Gasteiger partial charge in [-0.25, -0.2) is 0 Å². The molecule has 7 heteroatoms. The number of benzene rings is 3. The third kappa shape index (κ3) is 4.05. The maximum absolute atomic E-state index is 13.3. The van der Waals surface area contributed by atoms with Gasteiger partial charge in [0.25, 0.3) is 11.7 Å². The summed E-state index contributed by atoms with van der Waals surface area (Å²) >= 11 is 0. The van der Waals surface area contributed by atoms with E-state index in [1.165, 1.54) is 11.8 Å². The van der Waals surface area contributed by atoms with Crippen molar-refractivity contribution in [2.24, 2.45) is 0 Å². The largest absolute Gasteiger partial charge is 0.507 e. The van der Waals surface area contributed by atoms with Crippen LogP contribution in [0.3, 0.4) is 0 Å². The highest BCUT2D eigenvalue weighted by atomic mass is 16.5. The van der Waals surface area contributed by atoms with Crippen molar-refractivity contribution < 1.29 is 24.2 Å². The summed E-state index contributed by atoms with van der Waals surface area (Å²) in [5.74, 6) is -1.17. The Hall–Kier alpha value is -4.39. The lowest BCUT2D eigenvalue weighted by atomic mass is 9.94. The van der Waals surface area contributed by atoms with Gasteiger partial charge in [-0.15, -0.1) is 0 Å². The molecular formula is C28H24N2O5. The van der Waals surface area contributed by atoms with Crippen LogP contribution in [0.1, 0.15) is 36.6 Å². The molecule has 0 radical (unpaired) electrons. The molecule has 2 atom stereocenters. The van der Waals surface area contributed by atoms with Crippen LogP contribution in [0.5, 0.6) is 5.75 Å². The van der Waals surface area contributed by atoms with Gasteiger partial charge in [0.1, 0.15) is 17.6 Å². The predicted octanol–water partition coefficient (Wildman–Crippen LogP) is 4.59. The second kappa shape index (κ2) is 8.76. The Bertz CT molecular complexity index is 1360. The first-order valence-corrected chi connectivity index (χ1v) is 11.4. The Morgan fingerprint density at radius 3 is 2.43 bits per heavy atom. The SMILES string of the molecule is CC(=O)Nc1ccc(N2C(=O)C(=O)/C(=C(\O)c3ccc4c(c3)CC(C)O4)C2c2ccccc2)cc1. The van der Waals surface area contributed by atoms with Gasteiger partial charge < -0.3 is 15.2 Å². The van der Waals surface area contributed by atoms with E-state index in [0.717, 1.165) is 11.3 Å². The summed E-state index contributed by atoms with van der Waals surface area (Å²) in [5.41, 5.74) is 3.17. The summed E-state index contributed by atoms with van der Waals surface area (Å²) in [6.45, 7) is 3.38. The Morgan fingerprint density at radius 1 is 1.03 bits per heavy atom. The normalized spacial score (nSPS) is 20.5. The molecule has 2 amide bonds. The van der Waals surface area contributed by atoms with Gasteiger partial charge in [-0.05, 0) is 60.5 Å². The van der Waals surface area contributed by atoms with Crippen molar-refractivity contribution in [2.45, 2.75) is 32.4 Å². The Kier molecular flexibility index (Phi) is 5.61. The summed E-state index contributed by atoms with van der Waals surface area (Å²) in [6.07, 6.45) is 0.742. The molecule has 35 heavy (non-hydrogen) atoms. The standard InChI is InChI=1S/C28H24N2O5/c1-16-14-20-15-19(8-13-23(20)35-16)26(32)24-25(18-6-4-3-5-7-18)30(28(34)27(24)33)22-11-9-21(10-12-22)29-17(2)31/h3-13,15-16,25,32H,14H2,1-2H3,(H,29,31)/b26-24-. The summed E-state index contributed by atoms with van der Waals surface area (Å²) in [4.78, 5) is 39.3. The minimum absolute atomic E-state index is 0.0269. The molecule has 2 N–H and O–H groups in total. The van der Waals surface area contributed by atoms with Crippen LogP contribution in [-0.4, -0.2) is 28.8 Å². The van der Waals surface area contributed by atoms with Gasteiger partial charge in [0.05, 0.1) is 11.6 Å². The molecule has 1 saturated heterocycles. The molecule has 2 heterocycles. The number of hydrogen-bond donors (Lipinski definition) is 2. The predicted molar refractivity (Wildman–Crippen MR) is 132 cm³/mol. The summed E-state index contributed by atoms with van der Waals surface area (Å²) in [7, 11) is 0. The van der Waals surface area contributed by atoms with E-state index in [9.17, 15) is 19.5 Å². The van der Waals surface area contributed by atoms with Crippen molar-refractivity contribution in [3.63, 3.8) is 0 Å². The summed E-state index contributed by atoms with van der Waals surface area (Å²) < 4.78 is 5.75. The molecule has 0 aromatic heterocycles. The molecule has 0 aliphatic carbocycles. The number of aliphatic hydroxyl groups is 1. The number of nitrogens with zero attached hydrogens (tertiary/aromatic N) is 1. The van der Waals surface area contributed by atoms with Gasteiger partial charge in [0, 0.05) is 30.3 Å². The highest BCUT2D eigenvalue weighted by Gasteiger charge is 2.47. The number of fused-ring (bicyclic) bond motifs is 1. The smallest absolute Gasteiger partial charge is 0.300 e. The van der Waals surface area contributed by atoms with Crippen molar-refractivity contribution in [1.29, 1.82) is 0 Å². The number of amides is 2. The quantitative estimate of drug-likeness (QED) is 0.332. The van der Waals surface area contributed by atoms with E-state index >= 15 is 0 Å². The number of nitrogens with one attached hydrogen (secondary N) is 1. The minimum Gasteiger partial charge on any atom is -0.507 e. The molecule has 0 spiro atoms. The number of aliphatic hydroxyl groups excluding tert-OH is 1. The molecule has 0 saturated carbocycles. The molecule has 0 bridgehead atoms. The van der Waals surface area contributed by atoms with Gasteiger partial charge in [-0.2, -0.15) is 0 Å². The summed E-state index contributed by atoms with van der Waals surface area (Å²) in [6, 6.07) is 20.3. The second-order valence-corrected chi connectivity index (χ2v) is 8.76. The van der Waals surface area contributed by atoms with Crippen LogP contribution in [0, 0.1) is 0 Å². The van der Waals surface area contributed by atoms with E-state index in [-0.39, 0.29) is 23.3 Å². The summed E-state index contributed by atoms with van der Waals surface area (Å²) in [5, 5.41) is 14.0. The van der Waals surface area contributed by atoms with Gasteiger partial charge in [-0.3, -0.25) is 19.3 Å². The van der Waals surface area contributed by atoms with Crippen LogP contribution in [0.25, 0.3) is 5.76 Å². The average Bonchev–Trinajstić information content (AvgIpc) is 3.35. The number of ketones is 1. The van der Waals surface area contributed by atoms with Gasteiger partial charge in [0.2, 0.25) is 5.91 Å². The fraction of sp³-hybridized carbons (Fsp3) is 0.179. The Morgan fingerprint density at radius 2 is 1.74 bits per heavy atom. The van der Waals surface area contributed by atoms with Crippen molar-refractivity contribution >= 4 is 34.7 Å². The zero-order chi connectivity index (χ0) is 24.7. The lowest BCUT2D eigenvalue weighted by Gasteiger charge is -2.25. The monoisotopic (exact) mass is 468 g/mol. The van der Waals surface area contributed by atoms with Gasteiger partial charge in [0.15, 0.2) is 0 Å². The maximum Gasteiger partial charge on any atom is 0.300 e. The first kappa shape index (κ1) is 22.4. The number of ether oxygens (including phenoxy) is 1. The fourth-order valence-electron chi connectivity index (χ4n) is 4.68. The Labute approximate surface area is 202 Å². The van der Waals surface area contributed by atoms with Crippen LogP contribution < -0.4 is 15.0 Å². The number of carbonyl (C=O) groups is 3. The molecule has 3 aromatic carbocycles. The number of anilines is 2. The first-order valence-electron chi connectivity index (χ1n) is 11.4. The third-order valence-corrected chi connectivity index (χ3v) is 6.20. The zero-order valence-corrected chi connectivity index (χ0v) is 19.3. The number of Topliss-reactive ketones (excluding diaryl/α,β-unsaturated/α-hetero) is 1. The molecular weight excluding hydrogens is 444 g/mol. The van der Waals surface area contributed by atoms with E-state index in [4.69, 9.17) is 4.74 Å². The van der Waals surface area contributed by atoms with Crippen molar-refractivity contribution in [3.05, 3.63) is 95.1 Å². The van der Waals surface area contributed by atoms with Crippen LogP contribution in [-0.2, 0) is 20.8 Å². The van der Waals surface area contributed by atoms with Gasteiger partial charge in [-0.1, -0.05) is 30.3 Å². The van der Waals surface area contributed by atoms with E-state index in [2.05, 4.69) is 5.32 Å². The van der Waals surface area contributed by atoms with Crippen molar-refractivity contribution in [3.8, 4) is 5.75 Å². The molecule has 2 aliphatic rings. The van der Waals surface area contributed by atoms with E-state index < -0.39 is 17.7 Å². The fourth-order valence-corrected chi connectivity index (χ4v) is 4.68. The van der Waals surface area contributed by atoms with Crippen LogP contribution in [0.15, 0.2) is 78.4 Å². The van der Waals surface area contributed by atoms with Crippen molar-refractivity contribution in [2.75, 3.05) is 10.2 Å². The first-order chi connectivity index (χ1) is 16.8. The van der Waals surface area contributed by atoms with E-state index in [0.29, 0.717) is 28.9 Å². The molecule has 2 aliphatic heterocycles. The maximum atomic E-state index is 13.3. The molecule has 1 fully saturated rings. The lowest BCUT2D eigenvalue weighted by molar-refractivity contribution is -0.132. The average molecular weight is 469 g/mol. The highest BCUT2D eigenvalue weighted by molar-refractivity contribution is 6.51. The lowest BCUT2D eigenvalue weighted by Crippen LogP contribution is -2.29. The molecule has 176 valence electrons. The molecule has 5 rings (SSSR count). The Balaban J connectivity index is 1.62. The number of hydrogen-bond acceptors (Lipinski definition) is 5.